The summed E-state index contributed by atoms with van der Waals surface area (Å²) in [4.78, 5) is 0. The van der Waals surface area contributed by atoms with Crippen molar-refractivity contribution in [1.82, 2.24) is 10.6 Å². The molecule has 104 valence electrons. The molecule has 0 heterocycles. The third-order valence-electron chi connectivity index (χ3n) is 2.43. The summed E-state index contributed by atoms with van der Waals surface area (Å²) in [5.41, 5.74) is 10.7. The molecular formula is C12H30N4O. The second kappa shape index (κ2) is 15.8. The molecule has 0 radical (unpaired) electrons. The van der Waals surface area contributed by atoms with E-state index in [1.807, 2.05) is 0 Å². The molecule has 0 rings (SSSR count). The average molecular weight is 246 g/mol. The number of rotatable bonds is 14. The second-order valence-corrected chi connectivity index (χ2v) is 4.10. The molecule has 0 amide bonds. The zero-order valence-corrected chi connectivity index (χ0v) is 11.0. The summed E-state index contributed by atoms with van der Waals surface area (Å²) < 4.78 is 5.54. The maximum Gasteiger partial charge on any atom is 0.0466 e. The predicted molar refractivity (Wildman–Crippen MR) is 73.1 cm³/mol. The van der Waals surface area contributed by atoms with Crippen LogP contribution in [0, 0.1) is 0 Å². The third-order valence-corrected chi connectivity index (χ3v) is 2.43. The lowest BCUT2D eigenvalue weighted by Crippen LogP contribution is -2.23. The summed E-state index contributed by atoms with van der Waals surface area (Å²) >= 11 is 0. The van der Waals surface area contributed by atoms with E-state index >= 15 is 0 Å². The molecule has 5 nitrogen and oxygen atoms in total. The van der Waals surface area contributed by atoms with Gasteiger partial charge in [-0.2, -0.15) is 0 Å². The molecule has 5 heteroatoms. The van der Waals surface area contributed by atoms with Crippen LogP contribution in [0.1, 0.15) is 25.7 Å². The monoisotopic (exact) mass is 246 g/mol. The summed E-state index contributed by atoms with van der Waals surface area (Å²) in [5.74, 6) is 0. The van der Waals surface area contributed by atoms with Crippen LogP contribution in [0.2, 0.25) is 0 Å². The van der Waals surface area contributed by atoms with Crippen molar-refractivity contribution in [3.8, 4) is 0 Å². The fourth-order valence-corrected chi connectivity index (χ4v) is 1.46. The van der Waals surface area contributed by atoms with Crippen LogP contribution in [-0.4, -0.2) is 52.5 Å². The highest BCUT2D eigenvalue weighted by molar-refractivity contribution is 4.50. The van der Waals surface area contributed by atoms with Crippen LogP contribution < -0.4 is 22.1 Å². The Hall–Kier alpha value is -0.200. The maximum absolute atomic E-state index is 5.54. The first-order valence-corrected chi connectivity index (χ1v) is 6.81. The molecule has 0 aromatic rings. The van der Waals surface area contributed by atoms with E-state index in [4.69, 9.17) is 16.2 Å². The lowest BCUT2D eigenvalue weighted by molar-refractivity contribution is 0.126. The second-order valence-electron chi connectivity index (χ2n) is 4.10. The van der Waals surface area contributed by atoms with Crippen LogP contribution in [0.3, 0.4) is 0 Å². The Labute approximate surface area is 106 Å². The summed E-state index contributed by atoms with van der Waals surface area (Å²) in [7, 11) is 0. The molecule has 0 fully saturated rings. The van der Waals surface area contributed by atoms with E-state index < -0.39 is 0 Å². The van der Waals surface area contributed by atoms with E-state index in [0.717, 1.165) is 65.1 Å². The molecule has 17 heavy (non-hydrogen) atoms. The number of unbranched alkanes of at least 4 members (excludes halogenated alkanes) is 2. The highest BCUT2D eigenvalue weighted by atomic mass is 16.5. The third kappa shape index (κ3) is 15.8. The maximum atomic E-state index is 5.54. The van der Waals surface area contributed by atoms with Crippen molar-refractivity contribution < 1.29 is 4.74 Å². The first-order valence-electron chi connectivity index (χ1n) is 6.81. The van der Waals surface area contributed by atoms with E-state index in [1.54, 1.807) is 0 Å². The van der Waals surface area contributed by atoms with Crippen molar-refractivity contribution in [2.24, 2.45) is 11.5 Å². The standard InChI is InChI=1S/C12H30N4O/c13-5-9-15-7-1-3-11-17-12-4-2-8-16-10-6-14/h15-16H,1-14H2. The first kappa shape index (κ1) is 16.8. The van der Waals surface area contributed by atoms with E-state index in [-0.39, 0.29) is 0 Å². The quantitative estimate of drug-likeness (QED) is 0.315. The minimum Gasteiger partial charge on any atom is -0.381 e. The molecule has 0 aliphatic rings. The van der Waals surface area contributed by atoms with Crippen LogP contribution in [0.4, 0.5) is 0 Å². The Kier molecular flexibility index (Phi) is 15.6. The molecular weight excluding hydrogens is 216 g/mol. The zero-order chi connectivity index (χ0) is 12.6. The summed E-state index contributed by atoms with van der Waals surface area (Å²) in [6.07, 6.45) is 4.59. The van der Waals surface area contributed by atoms with Gasteiger partial charge in [0.1, 0.15) is 0 Å². The molecule has 0 bridgehead atoms. The van der Waals surface area contributed by atoms with Gasteiger partial charge in [-0.15, -0.1) is 0 Å². The minimum atomic E-state index is 0.717. The number of hydrogen-bond donors (Lipinski definition) is 4. The van der Waals surface area contributed by atoms with Crippen molar-refractivity contribution in [2.75, 3.05) is 52.5 Å². The van der Waals surface area contributed by atoms with Crippen molar-refractivity contribution in [1.29, 1.82) is 0 Å². The minimum absolute atomic E-state index is 0.717. The van der Waals surface area contributed by atoms with Crippen molar-refractivity contribution in [3.63, 3.8) is 0 Å². The van der Waals surface area contributed by atoms with Gasteiger partial charge in [0.05, 0.1) is 0 Å². The number of ether oxygens (including phenoxy) is 1. The van der Waals surface area contributed by atoms with Gasteiger partial charge < -0.3 is 26.8 Å². The Morgan fingerprint density at radius 1 is 0.647 bits per heavy atom. The van der Waals surface area contributed by atoms with Crippen molar-refractivity contribution >= 4 is 0 Å². The van der Waals surface area contributed by atoms with Crippen molar-refractivity contribution in [3.05, 3.63) is 0 Å². The average Bonchev–Trinajstić information content (AvgIpc) is 2.35. The molecule has 0 spiro atoms. The number of nitrogens with one attached hydrogen (secondary N) is 2. The largest absolute Gasteiger partial charge is 0.381 e. The van der Waals surface area contributed by atoms with Crippen LogP contribution >= 0.6 is 0 Å². The molecule has 0 atom stereocenters. The highest BCUT2D eigenvalue weighted by Gasteiger charge is 1.91. The predicted octanol–water partition coefficient (Wildman–Crippen LogP) is -0.340. The van der Waals surface area contributed by atoms with E-state index in [9.17, 15) is 0 Å². The Morgan fingerprint density at radius 3 is 1.53 bits per heavy atom. The van der Waals surface area contributed by atoms with Gasteiger partial charge in [-0.1, -0.05) is 0 Å². The van der Waals surface area contributed by atoms with Gasteiger partial charge in [0, 0.05) is 39.4 Å². The Balaban J connectivity index is 2.85. The van der Waals surface area contributed by atoms with Crippen LogP contribution in [0.25, 0.3) is 0 Å². The van der Waals surface area contributed by atoms with E-state index in [2.05, 4.69) is 10.6 Å². The molecule has 0 saturated heterocycles. The van der Waals surface area contributed by atoms with Crippen LogP contribution in [0.5, 0.6) is 0 Å². The fraction of sp³-hybridized carbons (Fsp3) is 1.00. The van der Waals surface area contributed by atoms with Crippen LogP contribution in [0.15, 0.2) is 0 Å². The molecule has 0 aromatic carbocycles. The summed E-state index contributed by atoms with van der Waals surface area (Å²) in [5, 5.41) is 6.53. The van der Waals surface area contributed by atoms with Gasteiger partial charge in [-0.25, -0.2) is 0 Å². The van der Waals surface area contributed by atoms with Gasteiger partial charge in [-0.3, -0.25) is 0 Å². The van der Waals surface area contributed by atoms with Gasteiger partial charge in [-0.05, 0) is 38.8 Å². The smallest absolute Gasteiger partial charge is 0.0466 e. The Bertz CT molecular complexity index is 122. The molecule has 0 aliphatic heterocycles. The van der Waals surface area contributed by atoms with Gasteiger partial charge in [0.2, 0.25) is 0 Å². The van der Waals surface area contributed by atoms with Crippen LogP contribution in [-0.2, 0) is 4.74 Å². The van der Waals surface area contributed by atoms with Gasteiger partial charge in [0.15, 0.2) is 0 Å². The molecule has 0 aliphatic carbocycles. The molecule has 0 aromatic heterocycles. The molecule has 0 saturated carbocycles. The fourth-order valence-electron chi connectivity index (χ4n) is 1.46. The lowest BCUT2D eigenvalue weighted by atomic mass is 10.3. The topological polar surface area (TPSA) is 85.3 Å². The number of hydrogen-bond acceptors (Lipinski definition) is 5. The number of nitrogens with two attached hydrogens (primary N) is 2. The normalized spacial score (nSPS) is 10.9. The summed E-state index contributed by atoms with van der Waals surface area (Å²) in [6.45, 7) is 7.10. The van der Waals surface area contributed by atoms with Gasteiger partial charge >= 0.3 is 0 Å². The zero-order valence-electron chi connectivity index (χ0n) is 11.0. The highest BCUT2D eigenvalue weighted by Crippen LogP contribution is 1.92. The van der Waals surface area contributed by atoms with Crippen molar-refractivity contribution in [2.45, 2.75) is 25.7 Å². The van der Waals surface area contributed by atoms with E-state index in [1.165, 1.54) is 0 Å². The van der Waals surface area contributed by atoms with Gasteiger partial charge in [0.25, 0.3) is 0 Å². The van der Waals surface area contributed by atoms with E-state index in [0.29, 0.717) is 13.1 Å². The Morgan fingerprint density at radius 2 is 1.12 bits per heavy atom. The first-order chi connectivity index (χ1) is 8.41. The summed E-state index contributed by atoms with van der Waals surface area (Å²) in [6, 6.07) is 0. The lowest BCUT2D eigenvalue weighted by Gasteiger charge is -2.05. The molecule has 0 unspecified atom stereocenters. The SMILES string of the molecule is NCCNCCCCOCCCCNCCN. The molecule has 6 N–H and O–H groups in total.